The van der Waals surface area contributed by atoms with Crippen LogP contribution in [0.1, 0.15) is 0 Å². The van der Waals surface area contributed by atoms with Crippen LogP contribution in [0.3, 0.4) is 0 Å². The fourth-order valence-corrected chi connectivity index (χ4v) is 2.53. The normalized spacial score (nSPS) is 10.1. The standard InChI is InChI=1S/C21H18F2N4O3/c1-30-19-11-10-17(26-20(28)24-15-6-2-13(22)3-7-15)12-18(19)27-21(29)25-16-8-4-14(23)5-9-16/h2-12H,1H3,(H2,24,26,28)(H2,25,27,29). The molecule has 30 heavy (non-hydrogen) atoms. The highest BCUT2D eigenvalue weighted by Crippen LogP contribution is 2.28. The Morgan fingerprint density at radius 2 is 1.10 bits per heavy atom. The molecule has 3 aromatic carbocycles. The van der Waals surface area contributed by atoms with Crippen LogP contribution in [0.4, 0.5) is 41.1 Å². The predicted octanol–water partition coefficient (Wildman–Crippen LogP) is 5.26. The maximum Gasteiger partial charge on any atom is 0.323 e. The predicted molar refractivity (Wildman–Crippen MR) is 111 cm³/mol. The highest BCUT2D eigenvalue weighted by Gasteiger charge is 2.11. The zero-order chi connectivity index (χ0) is 21.5. The maximum absolute atomic E-state index is 13.0. The van der Waals surface area contributed by atoms with Crippen molar-refractivity contribution in [1.82, 2.24) is 0 Å². The van der Waals surface area contributed by atoms with Gasteiger partial charge in [0.25, 0.3) is 0 Å². The lowest BCUT2D eigenvalue weighted by atomic mass is 10.2. The molecule has 7 nitrogen and oxygen atoms in total. The minimum absolute atomic E-state index is 0.302. The van der Waals surface area contributed by atoms with Gasteiger partial charge in [0.2, 0.25) is 0 Å². The Labute approximate surface area is 171 Å². The van der Waals surface area contributed by atoms with E-state index < -0.39 is 23.7 Å². The number of nitrogens with one attached hydrogen (secondary N) is 4. The summed E-state index contributed by atoms with van der Waals surface area (Å²) in [5.41, 5.74) is 1.50. The Bertz CT molecular complexity index is 1040. The molecule has 0 unspecified atom stereocenters. The van der Waals surface area contributed by atoms with Crippen LogP contribution in [-0.2, 0) is 0 Å². The van der Waals surface area contributed by atoms with Gasteiger partial charge in [-0.3, -0.25) is 0 Å². The lowest BCUT2D eigenvalue weighted by Gasteiger charge is -2.14. The third kappa shape index (κ3) is 5.68. The number of halogens is 2. The molecule has 0 fully saturated rings. The van der Waals surface area contributed by atoms with Crippen molar-refractivity contribution < 1.29 is 23.1 Å². The number of hydrogen-bond acceptors (Lipinski definition) is 3. The molecule has 0 saturated carbocycles. The van der Waals surface area contributed by atoms with E-state index in [1.54, 1.807) is 12.1 Å². The SMILES string of the molecule is COc1ccc(NC(=O)Nc2ccc(F)cc2)cc1NC(=O)Nc1ccc(F)cc1. The van der Waals surface area contributed by atoms with Gasteiger partial charge in [0.1, 0.15) is 17.4 Å². The van der Waals surface area contributed by atoms with Crippen LogP contribution in [0, 0.1) is 11.6 Å². The molecule has 0 heterocycles. The summed E-state index contributed by atoms with van der Waals surface area (Å²) in [4.78, 5) is 24.4. The third-order valence-electron chi connectivity index (χ3n) is 3.91. The lowest BCUT2D eigenvalue weighted by molar-refractivity contribution is 0.261. The monoisotopic (exact) mass is 412 g/mol. The average Bonchev–Trinajstić information content (AvgIpc) is 2.71. The summed E-state index contributed by atoms with van der Waals surface area (Å²) >= 11 is 0. The van der Waals surface area contributed by atoms with Crippen molar-refractivity contribution in [3.63, 3.8) is 0 Å². The van der Waals surface area contributed by atoms with Crippen molar-refractivity contribution in [3.8, 4) is 5.75 Å². The summed E-state index contributed by atoms with van der Waals surface area (Å²) in [6.45, 7) is 0. The summed E-state index contributed by atoms with van der Waals surface area (Å²) in [6.07, 6.45) is 0. The van der Waals surface area contributed by atoms with Crippen LogP contribution in [0.2, 0.25) is 0 Å². The molecule has 0 saturated heterocycles. The maximum atomic E-state index is 13.0. The largest absolute Gasteiger partial charge is 0.495 e. The van der Waals surface area contributed by atoms with E-state index >= 15 is 0 Å². The number of hydrogen-bond donors (Lipinski definition) is 4. The van der Waals surface area contributed by atoms with Crippen molar-refractivity contribution >= 4 is 34.8 Å². The van der Waals surface area contributed by atoms with Gasteiger partial charge < -0.3 is 26.0 Å². The van der Waals surface area contributed by atoms with Crippen molar-refractivity contribution in [3.05, 3.63) is 78.4 Å². The number of urea groups is 2. The minimum atomic E-state index is -0.576. The molecule has 4 amide bonds. The van der Waals surface area contributed by atoms with E-state index in [1.807, 2.05) is 0 Å². The van der Waals surface area contributed by atoms with E-state index in [0.717, 1.165) is 0 Å². The number of anilines is 4. The second kappa shape index (κ2) is 9.37. The summed E-state index contributed by atoms with van der Waals surface area (Å²) in [5.74, 6) is -0.459. The molecule has 0 aliphatic rings. The molecular weight excluding hydrogens is 394 g/mol. The second-order valence-electron chi connectivity index (χ2n) is 6.09. The molecular formula is C21H18F2N4O3. The summed E-state index contributed by atoms with van der Waals surface area (Å²) in [5, 5.41) is 10.4. The van der Waals surface area contributed by atoms with Gasteiger partial charge in [-0.1, -0.05) is 0 Å². The Morgan fingerprint density at radius 1 is 0.667 bits per heavy atom. The van der Waals surface area contributed by atoms with E-state index in [2.05, 4.69) is 21.3 Å². The third-order valence-corrected chi connectivity index (χ3v) is 3.91. The van der Waals surface area contributed by atoms with Crippen LogP contribution < -0.4 is 26.0 Å². The van der Waals surface area contributed by atoms with Crippen LogP contribution in [0.5, 0.6) is 5.75 Å². The number of carbonyl (C=O) groups is 2. The fourth-order valence-electron chi connectivity index (χ4n) is 2.53. The van der Waals surface area contributed by atoms with Gasteiger partial charge in [0.15, 0.2) is 0 Å². The zero-order valence-corrected chi connectivity index (χ0v) is 15.8. The van der Waals surface area contributed by atoms with E-state index in [4.69, 9.17) is 4.74 Å². The fraction of sp³-hybridized carbons (Fsp3) is 0.0476. The number of methoxy groups -OCH3 is 1. The minimum Gasteiger partial charge on any atom is -0.495 e. The summed E-state index contributed by atoms with van der Waals surface area (Å²) in [7, 11) is 1.44. The van der Waals surface area contributed by atoms with E-state index in [0.29, 0.717) is 28.5 Å². The van der Waals surface area contributed by atoms with Gasteiger partial charge in [-0.05, 0) is 66.7 Å². The Kier molecular flexibility index (Phi) is 6.43. The van der Waals surface area contributed by atoms with E-state index in [-0.39, 0.29) is 0 Å². The van der Waals surface area contributed by atoms with E-state index in [1.165, 1.54) is 61.7 Å². The van der Waals surface area contributed by atoms with Crippen LogP contribution in [0.15, 0.2) is 66.7 Å². The van der Waals surface area contributed by atoms with Gasteiger partial charge in [-0.25, -0.2) is 18.4 Å². The molecule has 4 N–H and O–H groups in total. The smallest absolute Gasteiger partial charge is 0.323 e. The molecule has 0 aromatic heterocycles. The van der Waals surface area contributed by atoms with Gasteiger partial charge in [0, 0.05) is 17.1 Å². The van der Waals surface area contributed by atoms with Gasteiger partial charge >= 0.3 is 12.1 Å². The highest BCUT2D eigenvalue weighted by atomic mass is 19.1. The van der Waals surface area contributed by atoms with Gasteiger partial charge in [-0.2, -0.15) is 0 Å². The summed E-state index contributed by atoms with van der Waals surface area (Å²) < 4.78 is 31.1. The molecule has 154 valence electrons. The molecule has 9 heteroatoms. The number of carbonyl (C=O) groups excluding carboxylic acids is 2. The first-order valence-electron chi connectivity index (χ1n) is 8.78. The number of benzene rings is 3. The van der Waals surface area contributed by atoms with E-state index in [9.17, 15) is 18.4 Å². The summed E-state index contributed by atoms with van der Waals surface area (Å²) in [6, 6.07) is 14.1. The topological polar surface area (TPSA) is 91.5 Å². The average molecular weight is 412 g/mol. The molecule has 3 rings (SSSR count). The Balaban J connectivity index is 1.66. The molecule has 0 bridgehead atoms. The lowest BCUT2D eigenvalue weighted by Crippen LogP contribution is -2.21. The van der Waals surface area contributed by atoms with Gasteiger partial charge in [-0.15, -0.1) is 0 Å². The zero-order valence-electron chi connectivity index (χ0n) is 15.8. The van der Waals surface area contributed by atoms with Gasteiger partial charge in [0.05, 0.1) is 12.8 Å². The molecule has 0 spiro atoms. The Morgan fingerprint density at radius 3 is 1.60 bits per heavy atom. The molecule has 0 aliphatic heterocycles. The quantitative estimate of drug-likeness (QED) is 0.461. The highest BCUT2D eigenvalue weighted by molar-refractivity contribution is 6.03. The Hall–Kier alpha value is -4.14. The molecule has 0 radical (unpaired) electrons. The second-order valence-corrected chi connectivity index (χ2v) is 6.09. The van der Waals surface area contributed by atoms with Crippen LogP contribution in [-0.4, -0.2) is 19.2 Å². The number of amides is 4. The first-order valence-corrected chi connectivity index (χ1v) is 8.78. The molecule has 0 atom stereocenters. The van der Waals surface area contributed by atoms with Crippen molar-refractivity contribution in [2.45, 2.75) is 0 Å². The number of rotatable bonds is 5. The van der Waals surface area contributed by atoms with Crippen molar-refractivity contribution in [2.75, 3.05) is 28.4 Å². The first-order chi connectivity index (χ1) is 14.4. The van der Waals surface area contributed by atoms with Crippen molar-refractivity contribution in [1.29, 1.82) is 0 Å². The first kappa shape index (κ1) is 20.6. The number of ether oxygens (including phenoxy) is 1. The molecule has 0 aliphatic carbocycles. The van der Waals surface area contributed by atoms with Crippen molar-refractivity contribution in [2.24, 2.45) is 0 Å². The molecule has 3 aromatic rings. The van der Waals surface area contributed by atoms with Crippen LogP contribution >= 0.6 is 0 Å². The van der Waals surface area contributed by atoms with Crippen LogP contribution in [0.25, 0.3) is 0 Å².